The van der Waals surface area contributed by atoms with E-state index in [9.17, 15) is 0 Å². The van der Waals surface area contributed by atoms with Crippen molar-refractivity contribution in [1.82, 2.24) is 15.2 Å². The van der Waals surface area contributed by atoms with Crippen LogP contribution in [0.15, 0.2) is 53.7 Å². The number of rotatable bonds is 7. The van der Waals surface area contributed by atoms with Crippen LogP contribution in [-0.4, -0.2) is 55.2 Å². The Morgan fingerprint density at radius 2 is 2.00 bits per heavy atom. The number of hydrogen-bond donors (Lipinski definition) is 2. The molecule has 144 valence electrons. The number of pyridine rings is 1. The Bertz CT molecular complexity index is 717. The summed E-state index contributed by atoms with van der Waals surface area (Å²) in [5.74, 6) is 0.457. The van der Waals surface area contributed by atoms with Gasteiger partial charge in [0.05, 0.1) is 25.8 Å². The molecule has 3 N–H and O–H groups in total. The zero-order valence-corrected chi connectivity index (χ0v) is 16.1. The van der Waals surface area contributed by atoms with Gasteiger partial charge < -0.3 is 15.8 Å². The number of hydrogen-bond acceptors (Lipinski definition) is 4. The fourth-order valence-electron chi connectivity index (χ4n) is 3.11. The summed E-state index contributed by atoms with van der Waals surface area (Å²) in [4.78, 5) is 11.3. The van der Waals surface area contributed by atoms with E-state index in [1.165, 1.54) is 5.56 Å². The van der Waals surface area contributed by atoms with Gasteiger partial charge in [0, 0.05) is 43.0 Å². The highest BCUT2D eigenvalue weighted by molar-refractivity contribution is 6.30. The lowest BCUT2D eigenvalue weighted by Gasteiger charge is -2.34. The van der Waals surface area contributed by atoms with Crippen molar-refractivity contribution < 1.29 is 4.74 Å². The molecule has 1 aromatic heterocycles. The molecule has 2 aromatic rings. The average Bonchev–Trinajstić information content (AvgIpc) is 2.71. The predicted molar refractivity (Wildman–Crippen MR) is 109 cm³/mol. The van der Waals surface area contributed by atoms with E-state index >= 15 is 0 Å². The molecule has 1 aliphatic rings. The van der Waals surface area contributed by atoms with E-state index < -0.39 is 0 Å². The SMILES string of the molecule is NC(=NCC(c1ccc(Cl)cc1)N1CCOCC1)NCCc1ccccn1. The molecule has 0 bridgehead atoms. The molecule has 0 spiro atoms. The molecule has 1 fully saturated rings. The van der Waals surface area contributed by atoms with Crippen LogP contribution in [0.1, 0.15) is 17.3 Å². The van der Waals surface area contributed by atoms with E-state index in [-0.39, 0.29) is 6.04 Å². The number of aromatic nitrogens is 1. The van der Waals surface area contributed by atoms with Crippen LogP contribution in [0.4, 0.5) is 0 Å². The minimum atomic E-state index is 0.155. The minimum absolute atomic E-state index is 0.155. The first-order valence-electron chi connectivity index (χ1n) is 9.23. The van der Waals surface area contributed by atoms with Crippen molar-refractivity contribution in [2.75, 3.05) is 39.4 Å². The second-order valence-corrected chi connectivity index (χ2v) is 6.88. The minimum Gasteiger partial charge on any atom is -0.379 e. The third-order valence-electron chi connectivity index (χ3n) is 4.59. The van der Waals surface area contributed by atoms with Gasteiger partial charge in [-0.1, -0.05) is 29.8 Å². The molecular weight excluding hydrogens is 362 g/mol. The molecule has 1 saturated heterocycles. The molecule has 6 nitrogen and oxygen atoms in total. The Kier molecular flexibility index (Phi) is 7.45. The molecule has 1 atom stereocenters. The zero-order valence-electron chi connectivity index (χ0n) is 15.4. The van der Waals surface area contributed by atoms with E-state index in [4.69, 9.17) is 22.1 Å². The number of benzene rings is 1. The lowest BCUT2D eigenvalue weighted by Crippen LogP contribution is -2.41. The van der Waals surface area contributed by atoms with E-state index in [0.717, 1.165) is 43.4 Å². The zero-order chi connectivity index (χ0) is 18.9. The number of morpholine rings is 1. The maximum Gasteiger partial charge on any atom is 0.188 e. The molecule has 27 heavy (non-hydrogen) atoms. The smallest absolute Gasteiger partial charge is 0.188 e. The third-order valence-corrected chi connectivity index (χ3v) is 4.84. The van der Waals surface area contributed by atoms with Gasteiger partial charge in [-0.25, -0.2) is 0 Å². The molecule has 0 aliphatic carbocycles. The van der Waals surface area contributed by atoms with Gasteiger partial charge in [0.25, 0.3) is 0 Å². The number of nitrogens with one attached hydrogen (secondary N) is 1. The fourth-order valence-corrected chi connectivity index (χ4v) is 3.24. The van der Waals surface area contributed by atoms with E-state index in [0.29, 0.717) is 19.0 Å². The average molecular weight is 388 g/mol. The van der Waals surface area contributed by atoms with Crippen molar-refractivity contribution in [3.63, 3.8) is 0 Å². The normalized spacial score (nSPS) is 16.9. The Labute approximate surface area is 165 Å². The maximum atomic E-state index is 6.07. The van der Waals surface area contributed by atoms with Gasteiger partial charge in [-0.3, -0.25) is 14.9 Å². The third kappa shape index (κ3) is 6.20. The number of halogens is 1. The van der Waals surface area contributed by atoms with Crippen molar-refractivity contribution in [3.8, 4) is 0 Å². The van der Waals surface area contributed by atoms with Crippen LogP contribution in [-0.2, 0) is 11.2 Å². The van der Waals surface area contributed by atoms with Crippen molar-refractivity contribution in [3.05, 3.63) is 64.9 Å². The second kappa shape index (κ2) is 10.3. The molecule has 1 aromatic carbocycles. The monoisotopic (exact) mass is 387 g/mol. The summed E-state index contributed by atoms with van der Waals surface area (Å²) in [6.07, 6.45) is 2.60. The number of ether oxygens (including phenoxy) is 1. The number of nitrogens with two attached hydrogens (primary N) is 1. The summed E-state index contributed by atoms with van der Waals surface area (Å²) in [6.45, 7) is 4.54. The molecule has 0 saturated carbocycles. The molecule has 1 unspecified atom stereocenters. The fraction of sp³-hybridized carbons (Fsp3) is 0.400. The van der Waals surface area contributed by atoms with Crippen LogP contribution in [0.3, 0.4) is 0 Å². The Hall–Kier alpha value is -2.15. The first kappa shape index (κ1) is 19.6. The van der Waals surface area contributed by atoms with Crippen molar-refractivity contribution in [2.45, 2.75) is 12.5 Å². The van der Waals surface area contributed by atoms with Crippen molar-refractivity contribution >= 4 is 17.6 Å². The van der Waals surface area contributed by atoms with Crippen LogP contribution in [0, 0.1) is 0 Å². The van der Waals surface area contributed by atoms with E-state index in [1.54, 1.807) is 6.20 Å². The molecule has 3 rings (SSSR count). The summed E-state index contributed by atoms with van der Waals surface area (Å²) < 4.78 is 5.48. The number of aliphatic imine (C=N–C) groups is 1. The number of nitrogens with zero attached hydrogens (tertiary/aromatic N) is 3. The quantitative estimate of drug-likeness (QED) is 0.563. The largest absolute Gasteiger partial charge is 0.379 e. The Morgan fingerprint density at radius 3 is 2.70 bits per heavy atom. The summed E-state index contributed by atoms with van der Waals surface area (Å²) >= 11 is 6.04. The summed E-state index contributed by atoms with van der Waals surface area (Å²) in [7, 11) is 0. The first-order chi connectivity index (χ1) is 13.2. The Balaban J connectivity index is 1.58. The molecule has 1 aliphatic heterocycles. The first-order valence-corrected chi connectivity index (χ1v) is 9.61. The van der Waals surface area contributed by atoms with Crippen LogP contribution in [0.25, 0.3) is 0 Å². The predicted octanol–water partition coefficient (Wildman–Crippen LogP) is 2.26. The van der Waals surface area contributed by atoms with Gasteiger partial charge in [0.1, 0.15) is 0 Å². The molecule has 0 radical (unpaired) electrons. The van der Waals surface area contributed by atoms with Crippen molar-refractivity contribution in [2.24, 2.45) is 10.7 Å². The summed E-state index contributed by atoms with van der Waals surface area (Å²) in [5.41, 5.74) is 8.29. The summed E-state index contributed by atoms with van der Waals surface area (Å²) in [6, 6.07) is 14.0. The second-order valence-electron chi connectivity index (χ2n) is 6.44. The van der Waals surface area contributed by atoms with Crippen molar-refractivity contribution in [1.29, 1.82) is 0 Å². The van der Waals surface area contributed by atoms with Gasteiger partial charge in [-0.15, -0.1) is 0 Å². The maximum absolute atomic E-state index is 6.07. The van der Waals surface area contributed by atoms with Gasteiger partial charge in [-0.05, 0) is 29.8 Å². The van der Waals surface area contributed by atoms with Gasteiger partial charge in [-0.2, -0.15) is 0 Å². The lowest BCUT2D eigenvalue weighted by atomic mass is 10.0. The van der Waals surface area contributed by atoms with Gasteiger partial charge in [0.2, 0.25) is 0 Å². The van der Waals surface area contributed by atoms with Crippen LogP contribution >= 0.6 is 11.6 Å². The highest BCUT2D eigenvalue weighted by Gasteiger charge is 2.22. The van der Waals surface area contributed by atoms with Crippen LogP contribution in [0.2, 0.25) is 5.02 Å². The molecular formula is C20H26ClN5O. The standard InChI is InChI=1S/C20H26ClN5O/c21-17-6-4-16(5-7-17)19(26-11-13-27-14-12-26)15-25-20(22)24-10-8-18-3-1-2-9-23-18/h1-7,9,19H,8,10-15H2,(H3,22,24,25). The highest BCUT2D eigenvalue weighted by atomic mass is 35.5. The topological polar surface area (TPSA) is 75.8 Å². The summed E-state index contributed by atoms with van der Waals surface area (Å²) in [5, 5.41) is 3.91. The number of guanidine groups is 1. The van der Waals surface area contributed by atoms with Gasteiger partial charge >= 0.3 is 0 Å². The Morgan fingerprint density at radius 1 is 1.22 bits per heavy atom. The van der Waals surface area contributed by atoms with Gasteiger partial charge in [0.15, 0.2) is 5.96 Å². The van der Waals surface area contributed by atoms with E-state index in [1.807, 2.05) is 30.3 Å². The van der Waals surface area contributed by atoms with Crippen LogP contribution in [0.5, 0.6) is 0 Å². The molecule has 2 heterocycles. The molecule has 0 amide bonds. The van der Waals surface area contributed by atoms with E-state index in [2.05, 4.69) is 32.3 Å². The van der Waals surface area contributed by atoms with Crippen LogP contribution < -0.4 is 11.1 Å². The lowest BCUT2D eigenvalue weighted by molar-refractivity contribution is 0.0180. The highest BCUT2D eigenvalue weighted by Crippen LogP contribution is 2.23. The molecule has 7 heteroatoms.